The van der Waals surface area contributed by atoms with Crippen molar-refractivity contribution < 1.29 is 22.2 Å². The second-order valence-corrected chi connectivity index (χ2v) is 17.3. The average molecular weight is 703 g/mol. The zero-order valence-corrected chi connectivity index (χ0v) is 28.5. The van der Waals surface area contributed by atoms with E-state index in [1.54, 1.807) is 48.5 Å². The number of nitrogens with zero attached hydrogens (tertiary/aromatic N) is 4. The van der Waals surface area contributed by atoms with E-state index in [9.17, 15) is 22.2 Å². The molecule has 4 aromatic rings. The van der Waals surface area contributed by atoms with E-state index in [1.807, 2.05) is 0 Å². The highest BCUT2D eigenvalue weighted by Gasteiger charge is 2.29. The minimum absolute atomic E-state index is 0.110. The topological polar surface area (TPSA) is 185 Å². The lowest BCUT2D eigenvalue weighted by atomic mass is 9.82. The zero-order valence-electron chi connectivity index (χ0n) is 25.2. The molecule has 1 unspecified atom stereocenters. The van der Waals surface area contributed by atoms with Crippen LogP contribution in [0.4, 0.5) is 21.6 Å². The van der Waals surface area contributed by atoms with Gasteiger partial charge in [-0.1, -0.05) is 53.4 Å². The molecule has 3 atom stereocenters. The van der Waals surface area contributed by atoms with Gasteiger partial charge in [-0.15, -0.1) is 20.4 Å². The fourth-order valence-corrected chi connectivity index (χ4v) is 8.09. The van der Waals surface area contributed by atoms with E-state index in [1.165, 1.54) is 28.9 Å². The Kier molecular flexibility index (Phi) is 10.3. The molecule has 2 aromatic heterocycles. The molecule has 2 heterocycles. The number of hydrogen-bond donors (Lipinski definition) is 4. The van der Waals surface area contributed by atoms with Crippen molar-refractivity contribution in [3.05, 3.63) is 69.7 Å². The zero-order chi connectivity index (χ0) is 32.9. The van der Waals surface area contributed by atoms with Crippen LogP contribution in [-0.2, 0) is 42.2 Å². The summed E-state index contributed by atoms with van der Waals surface area (Å²) in [5.74, 6) is 3.47. The summed E-state index contributed by atoms with van der Waals surface area (Å²) >= 11 is 2.74. The van der Waals surface area contributed by atoms with Gasteiger partial charge in [-0.2, -0.15) is 0 Å². The number of carbonyl (C=O) groups excluding carboxylic acids is 2. The first kappa shape index (κ1) is 33.4. The first-order valence-corrected chi connectivity index (χ1v) is 20.0. The number of nitrogens with one attached hydrogen (secondary N) is 4. The van der Waals surface area contributed by atoms with E-state index < -0.39 is 19.7 Å². The smallest absolute Gasteiger partial charge is 0.230 e. The van der Waals surface area contributed by atoms with Gasteiger partial charge in [0.25, 0.3) is 0 Å². The van der Waals surface area contributed by atoms with E-state index in [2.05, 4.69) is 46.3 Å². The van der Waals surface area contributed by atoms with Crippen LogP contribution in [0.1, 0.15) is 58.7 Å². The van der Waals surface area contributed by atoms with Crippen LogP contribution in [0.2, 0.25) is 0 Å². The maximum absolute atomic E-state index is 12.6. The summed E-state index contributed by atoms with van der Waals surface area (Å²) in [5, 5.41) is 25.4. The molecule has 5 rings (SSSR count). The van der Waals surface area contributed by atoms with Crippen molar-refractivity contribution in [1.82, 2.24) is 20.4 Å². The number of rotatable bonds is 12. The SMILES string of the molecule is C=S(C)(=O)Nc1ccc(CC(=O)Nc2nnc([C@H]3CCC[C@H](c4nnc(NC(=O)Cc5ccc(NS(C)(=O)=O)cc5)s4)C3)s2)cc1. The molecule has 2 amide bonds. The Bertz CT molecular complexity index is 1770. The number of benzene rings is 2. The Hall–Kier alpha value is -3.93. The standard InChI is InChI=1S/C29H34N8O5S4/c1-45(2,40)36-22-11-7-18(8-12-22)15-24(38)30-28-34-32-26(43-28)20-5-4-6-21(17-20)27-33-35-29(44-27)31-25(39)16-19-9-13-23(14-10-19)37-46(3,41)42/h7-14,20-21,37H,1,4-6,15-17H2,2-3H3,(H,36,40)(H,30,34,38)(H,31,35,39)/t20-,21-,45?/m0/s1. The Balaban J connectivity index is 1.11. The summed E-state index contributed by atoms with van der Waals surface area (Å²) in [6.07, 6.45) is 6.57. The highest BCUT2D eigenvalue weighted by atomic mass is 32.2. The van der Waals surface area contributed by atoms with E-state index >= 15 is 0 Å². The molecule has 0 saturated heterocycles. The van der Waals surface area contributed by atoms with Gasteiger partial charge in [0.1, 0.15) is 10.0 Å². The van der Waals surface area contributed by atoms with Crippen molar-refractivity contribution in [3.63, 3.8) is 0 Å². The molecule has 244 valence electrons. The van der Waals surface area contributed by atoms with Gasteiger partial charge in [-0.3, -0.25) is 14.3 Å². The Morgan fingerprint density at radius 2 is 1.17 bits per heavy atom. The van der Waals surface area contributed by atoms with Gasteiger partial charge in [0.2, 0.25) is 32.1 Å². The second-order valence-electron chi connectivity index (χ2n) is 11.3. The summed E-state index contributed by atoms with van der Waals surface area (Å²) in [5.41, 5.74) is 2.64. The van der Waals surface area contributed by atoms with Crippen LogP contribution in [0.3, 0.4) is 0 Å². The highest BCUT2D eigenvalue weighted by molar-refractivity contribution is 8.00. The summed E-state index contributed by atoms with van der Waals surface area (Å²) in [6.45, 7) is 0. The Morgan fingerprint density at radius 3 is 1.59 bits per heavy atom. The lowest BCUT2D eigenvalue weighted by Crippen LogP contribution is -2.14. The summed E-state index contributed by atoms with van der Waals surface area (Å²) in [7, 11) is -5.75. The molecule has 0 spiro atoms. The molecule has 1 aliphatic carbocycles. The van der Waals surface area contributed by atoms with Gasteiger partial charge < -0.3 is 15.4 Å². The molecular formula is C29H34N8O5S4. The van der Waals surface area contributed by atoms with Crippen molar-refractivity contribution in [2.24, 2.45) is 0 Å². The maximum atomic E-state index is 12.6. The minimum atomic E-state index is -3.37. The van der Waals surface area contributed by atoms with Crippen LogP contribution in [0, 0.1) is 0 Å². The van der Waals surface area contributed by atoms with Crippen LogP contribution in [-0.4, -0.2) is 63.2 Å². The van der Waals surface area contributed by atoms with Gasteiger partial charge in [0.15, 0.2) is 0 Å². The third kappa shape index (κ3) is 10.0. The predicted octanol–water partition coefficient (Wildman–Crippen LogP) is 4.24. The van der Waals surface area contributed by atoms with Gasteiger partial charge in [-0.25, -0.2) is 12.6 Å². The fourth-order valence-electron chi connectivity index (χ4n) is 5.08. The molecule has 1 aliphatic rings. The molecule has 13 nitrogen and oxygen atoms in total. The normalized spacial score (nSPS) is 17.9. The quantitative estimate of drug-likeness (QED) is 0.157. The number of hydrogen-bond acceptors (Lipinski definition) is 11. The molecule has 1 saturated carbocycles. The molecular weight excluding hydrogens is 669 g/mol. The van der Waals surface area contributed by atoms with Crippen LogP contribution in [0.15, 0.2) is 48.5 Å². The van der Waals surface area contributed by atoms with Crippen LogP contribution >= 0.6 is 22.7 Å². The van der Waals surface area contributed by atoms with Gasteiger partial charge >= 0.3 is 0 Å². The van der Waals surface area contributed by atoms with Crippen molar-refractivity contribution in [3.8, 4) is 0 Å². The van der Waals surface area contributed by atoms with Gasteiger partial charge in [0, 0.05) is 39.2 Å². The monoisotopic (exact) mass is 702 g/mol. The molecule has 0 bridgehead atoms. The van der Waals surface area contributed by atoms with Crippen LogP contribution in [0.5, 0.6) is 0 Å². The van der Waals surface area contributed by atoms with E-state index in [4.69, 9.17) is 0 Å². The summed E-state index contributed by atoms with van der Waals surface area (Å²) in [4.78, 5) is 25.3. The fraction of sp³-hybridized carbons (Fsp3) is 0.345. The van der Waals surface area contributed by atoms with Crippen molar-refractivity contribution in [1.29, 1.82) is 0 Å². The van der Waals surface area contributed by atoms with Crippen molar-refractivity contribution in [2.75, 3.05) is 32.6 Å². The molecule has 1 fully saturated rings. The first-order valence-electron chi connectivity index (χ1n) is 14.3. The maximum Gasteiger partial charge on any atom is 0.230 e. The molecule has 46 heavy (non-hydrogen) atoms. The third-order valence-corrected chi connectivity index (χ3v) is 10.3. The number of aromatic nitrogens is 4. The van der Waals surface area contributed by atoms with Gasteiger partial charge in [-0.05, 0) is 60.5 Å². The Labute approximate surface area is 275 Å². The van der Waals surface area contributed by atoms with Crippen molar-refractivity contribution >= 4 is 81.7 Å². The number of anilines is 4. The van der Waals surface area contributed by atoms with Crippen molar-refractivity contribution in [2.45, 2.75) is 50.4 Å². The number of amides is 2. The second kappa shape index (κ2) is 14.2. The lowest BCUT2D eigenvalue weighted by Gasteiger charge is -2.25. The lowest BCUT2D eigenvalue weighted by molar-refractivity contribution is -0.116. The predicted molar refractivity (Wildman–Crippen MR) is 185 cm³/mol. The number of carbonyl (C=O) groups is 2. The molecule has 17 heteroatoms. The summed E-state index contributed by atoms with van der Waals surface area (Å²) < 4.78 is 39.8. The summed E-state index contributed by atoms with van der Waals surface area (Å²) in [6, 6.07) is 13.7. The minimum Gasteiger partial charge on any atom is -0.313 e. The van der Waals surface area contributed by atoms with Gasteiger partial charge in [0.05, 0.1) is 19.1 Å². The molecule has 2 aromatic carbocycles. The molecule has 4 N–H and O–H groups in total. The first-order chi connectivity index (χ1) is 21.8. The van der Waals surface area contributed by atoms with E-state index in [-0.39, 0.29) is 36.5 Å². The largest absolute Gasteiger partial charge is 0.313 e. The molecule has 0 radical (unpaired) electrons. The van der Waals surface area contributed by atoms with Crippen LogP contribution < -0.4 is 20.1 Å². The Morgan fingerprint density at radius 1 is 0.739 bits per heavy atom. The highest BCUT2D eigenvalue weighted by Crippen LogP contribution is 2.43. The average Bonchev–Trinajstić information content (AvgIpc) is 3.64. The van der Waals surface area contributed by atoms with E-state index in [0.717, 1.165) is 53.1 Å². The molecule has 0 aliphatic heterocycles. The van der Waals surface area contributed by atoms with E-state index in [0.29, 0.717) is 21.6 Å². The third-order valence-electron chi connectivity index (χ3n) is 7.02. The van der Waals surface area contributed by atoms with Crippen LogP contribution in [0.25, 0.3) is 0 Å². The number of sulfonamides is 1.